The van der Waals surface area contributed by atoms with Gasteiger partial charge in [-0.3, -0.25) is 9.59 Å². The van der Waals surface area contributed by atoms with Gasteiger partial charge in [0.2, 0.25) is 0 Å². The number of para-hydroxylation sites is 1. The largest absolute Gasteiger partial charge is 0.381 e. The third-order valence-corrected chi connectivity index (χ3v) is 3.63. The first kappa shape index (κ1) is 11.2. The summed E-state index contributed by atoms with van der Waals surface area (Å²) in [5.41, 5.74) is 3.39. The monoisotopic (exact) mass is 241 g/mol. The van der Waals surface area contributed by atoms with Gasteiger partial charge >= 0.3 is 0 Å². The van der Waals surface area contributed by atoms with Crippen LogP contribution in [0.25, 0.3) is 5.57 Å². The Hall–Kier alpha value is -1.90. The van der Waals surface area contributed by atoms with E-state index in [1.807, 2.05) is 18.2 Å². The van der Waals surface area contributed by atoms with E-state index in [0.29, 0.717) is 12.8 Å². The van der Waals surface area contributed by atoms with Crippen LogP contribution in [0.1, 0.15) is 24.8 Å². The Morgan fingerprint density at radius 1 is 1.06 bits per heavy atom. The van der Waals surface area contributed by atoms with Crippen molar-refractivity contribution in [1.29, 1.82) is 0 Å². The summed E-state index contributed by atoms with van der Waals surface area (Å²) in [5, 5.41) is 3.31. The smallest absolute Gasteiger partial charge is 0.140 e. The normalized spacial score (nSPS) is 20.1. The molecule has 1 aromatic rings. The van der Waals surface area contributed by atoms with Crippen molar-refractivity contribution in [2.75, 3.05) is 11.9 Å². The predicted octanol–water partition coefficient (Wildman–Crippen LogP) is 2.43. The van der Waals surface area contributed by atoms with Gasteiger partial charge in [-0.1, -0.05) is 24.3 Å². The van der Waals surface area contributed by atoms with Crippen LogP contribution < -0.4 is 5.32 Å². The Morgan fingerprint density at radius 2 is 1.78 bits per heavy atom. The highest BCUT2D eigenvalue weighted by Crippen LogP contribution is 2.37. The van der Waals surface area contributed by atoms with Gasteiger partial charge in [-0.15, -0.1) is 0 Å². The van der Waals surface area contributed by atoms with Gasteiger partial charge in [-0.05, 0) is 17.6 Å². The van der Waals surface area contributed by atoms with Gasteiger partial charge in [0.1, 0.15) is 11.6 Å². The van der Waals surface area contributed by atoms with Crippen LogP contribution >= 0.6 is 0 Å². The number of hydrogen-bond donors (Lipinski definition) is 1. The molecule has 92 valence electrons. The predicted molar refractivity (Wildman–Crippen MR) is 70.3 cm³/mol. The SMILES string of the molecule is O=C1CC(=O)CC(C2=CCNc3ccccc32)C1. The number of nitrogens with one attached hydrogen (secondary N) is 1. The molecule has 0 unspecified atom stereocenters. The number of anilines is 1. The van der Waals surface area contributed by atoms with Gasteiger partial charge in [0, 0.05) is 30.6 Å². The molecular formula is C15H15NO2. The minimum Gasteiger partial charge on any atom is -0.381 e. The van der Waals surface area contributed by atoms with Gasteiger partial charge in [0.15, 0.2) is 0 Å². The number of carbonyl (C=O) groups excluding carboxylic acids is 2. The average molecular weight is 241 g/mol. The fourth-order valence-corrected chi connectivity index (χ4v) is 2.86. The molecule has 1 aliphatic heterocycles. The van der Waals surface area contributed by atoms with Crippen molar-refractivity contribution in [3.8, 4) is 0 Å². The van der Waals surface area contributed by atoms with E-state index in [9.17, 15) is 9.59 Å². The van der Waals surface area contributed by atoms with E-state index in [4.69, 9.17) is 0 Å². The molecule has 3 heteroatoms. The fourth-order valence-electron chi connectivity index (χ4n) is 2.86. The highest BCUT2D eigenvalue weighted by atomic mass is 16.1. The fraction of sp³-hybridized carbons (Fsp3) is 0.333. The minimum atomic E-state index is 0.0713. The zero-order valence-corrected chi connectivity index (χ0v) is 10.1. The van der Waals surface area contributed by atoms with E-state index < -0.39 is 0 Å². The van der Waals surface area contributed by atoms with Crippen LogP contribution in [0.5, 0.6) is 0 Å². The van der Waals surface area contributed by atoms with E-state index in [-0.39, 0.29) is 23.9 Å². The van der Waals surface area contributed by atoms with Crippen molar-refractivity contribution >= 4 is 22.8 Å². The van der Waals surface area contributed by atoms with Gasteiger partial charge < -0.3 is 5.32 Å². The first-order valence-electron chi connectivity index (χ1n) is 6.31. The maximum absolute atomic E-state index is 11.6. The molecular weight excluding hydrogens is 226 g/mol. The van der Waals surface area contributed by atoms with Crippen LogP contribution in [0, 0.1) is 5.92 Å². The first-order valence-corrected chi connectivity index (χ1v) is 6.31. The third kappa shape index (κ3) is 1.96. The molecule has 0 saturated heterocycles. The van der Waals surface area contributed by atoms with Crippen LogP contribution in [0.2, 0.25) is 0 Å². The summed E-state index contributed by atoms with van der Waals surface area (Å²) in [7, 11) is 0. The van der Waals surface area contributed by atoms with Gasteiger partial charge in [-0.25, -0.2) is 0 Å². The second-order valence-electron chi connectivity index (χ2n) is 4.95. The molecule has 0 amide bonds. The number of benzene rings is 1. The van der Waals surface area contributed by atoms with Crippen molar-refractivity contribution in [2.45, 2.75) is 19.3 Å². The average Bonchev–Trinajstić information content (AvgIpc) is 2.37. The molecule has 1 saturated carbocycles. The second-order valence-corrected chi connectivity index (χ2v) is 4.95. The molecule has 1 aliphatic carbocycles. The summed E-state index contributed by atoms with van der Waals surface area (Å²) in [6, 6.07) is 8.07. The van der Waals surface area contributed by atoms with E-state index in [1.54, 1.807) is 0 Å². The maximum atomic E-state index is 11.6. The molecule has 2 aliphatic rings. The van der Waals surface area contributed by atoms with Crippen molar-refractivity contribution in [3.05, 3.63) is 35.9 Å². The zero-order chi connectivity index (χ0) is 12.5. The molecule has 1 N–H and O–H groups in total. The Kier molecular flexibility index (Phi) is 2.74. The Balaban J connectivity index is 1.95. The maximum Gasteiger partial charge on any atom is 0.140 e. The van der Waals surface area contributed by atoms with E-state index in [2.05, 4.69) is 17.5 Å². The number of allylic oxidation sites excluding steroid dienone is 1. The third-order valence-electron chi connectivity index (χ3n) is 3.63. The highest BCUT2D eigenvalue weighted by molar-refractivity contribution is 6.03. The molecule has 1 aromatic carbocycles. The van der Waals surface area contributed by atoms with Gasteiger partial charge in [0.25, 0.3) is 0 Å². The molecule has 1 fully saturated rings. The second kappa shape index (κ2) is 4.41. The number of carbonyl (C=O) groups is 2. The number of ketones is 2. The number of fused-ring (bicyclic) bond motifs is 1. The zero-order valence-electron chi connectivity index (χ0n) is 10.1. The van der Waals surface area contributed by atoms with Gasteiger partial charge in [0.05, 0.1) is 6.42 Å². The molecule has 0 aromatic heterocycles. The standard InChI is InChI=1S/C15H15NO2/c17-11-7-10(8-12(18)9-11)13-5-6-16-15-4-2-1-3-14(13)15/h1-5,10,16H,6-9H2. The lowest BCUT2D eigenvalue weighted by Gasteiger charge is -2.27. The van der Waals surface area contributed by atoms with Crippen molar-refractivity contribution in [1.82, 2.24) is 0 Å². The summed E-state index contributed by atoms with van der Waals surface area (Å²) in [6.45, 7) is 0.769. The summed E-state index contributed by atoms with van der Waals surface area (Å²) >= 11 is 0. The van der Waals surface area contributed by atoms with Crippen LogP contribution in [-0.4, -0.2) is 18.1 Å². The van der Waals surface area contributed by atoms with E-state index >= 15 is 0 Å². The summed E-state index contributed by atoms with van der Waals surface area (Å²) in [6.07, 6.45) is 3.25. The van der Waals surface area contributed by atoms with Crippen molar-refractivity contribution in [2.24, 2.45) is 5.92 Å². The van der Waals surface area contributed by atoms with E-state index in [1.165, 1.54) is 0 Å². The van der Waals surface area contributed by atoms with Crippen LogP contribution in [0.15, 0.2) is 30.3 Å². The molecule has 0 radical (unpaired) electrons. The quantitative estimate of drug-likeness (QED) is 0.768. The molecule has 3 rings (SSSR count). The molecule has 1 heterocycles. The van der Waals surface area contributed by atoms with Crippen molar-refractivity contribution in [3.63, 3.8) is 0 Å². The molecule has 3 nitrogen and oxygen atoms in total. The Labute approximate surface area is 106 Å². The summed E-state index contributed by atoms with van der Waals surface area (Å²) in [4.78, 5) is 23.1. The van der Waals surface area contributed by atoms with Crippen molar-refractivity contribution < 1.29 is 9.59 Å². The number of rotatable bonds is 1. The molecule has 0 atom stereocenters. The molecule has 18 heavy (non-hydrogen) atoms. The number of Topliss-reactive ketones (excluding diaryl/α,β-unsaturated/α-hetero) is 2. The lowest BCUT2D eigenvalue weighted by Crippen LogP contribution is -2.25. The first-order chi connectivity index (χ1) is 8.74. The Morgan fingerprint density at radius 3 is 2.56 bits per heavy atom. The van der Waals surface area contributed by atoms with Crippen LogP contribution in [-0.2, 0) is 9.59 Å². The topological polar surface area (TPSA) is 46.2 Å². The Bertz CT molecular complexity index is 529. The van der Waals surface area contributed by atoms with E-state index in [0.717, 1.165) is 23.4 Å². The van der Waals surface area contributed by atoms with Crippen LogP contribution in [0.3, 0.4) is 0 Å². The lowest BCUT2D eigenvalue weighted by atomic mass is 9.78. The number of hydrogen-bond acceptors (Lipinski definition) is 3. The summed E-state index contributed by atoms with van der Waals surface area (Å²) < 4.78 is 0. The molecule has 0 spiro atoms. The highest BCUT2D eigenvalue weighted by Gasteiger charge is 2.29. The molecule has 0 bridgehead atoms. The van der Waals surface area contributed by atoms with Gasteiger partial charge in [-0.2, -0.15) is 0 Å². The minimum absolute atomic E-state index is 0.0713. The van der Waals surface area contributed by atoms with Crippen LogP contribution in [0.4, 0.5) is 5.69 Å². The lowest BCUT2D eigenvalue weighted by molar-refractivity contribution is -0.130. The summed E-state index contributed by atoms with van der Waals surface area (Å²) in [5.74, 6) is 0.225.